The Morgan fingerprint density at radius 3 is 2.59 bits per heavy atom. The number of rotatable bonds is 4. The first-order valence-corrected chi connectivity index (χ1v) is 11.6. The van der Waals surface area contributed by atoms with Gasteiger partial charge in [-0.2, -0.15) is 0 Å². The topological polar surface area (TPSA) is 88.1 Å². The molecular formula is C24H27N5O2S. The van der Waals surface area contributed by atoms with Crippen molar-refractivity contribution in [3.05, 3.63) is 63.1 Å². The minimum atomic E-state index is -0.207. The number of nitrogens with one attached hydrogen (secondary N) is 1. The fourth-order valence-electron chi connectivity index (χ4n) is 4.17. The molecule has 0 aromatic carbocycles. The lowest BCUT2D eigenvalue weighted by Crippen LogP contribution is -2.39. The van der Waals surface area contributed by atoms with Crippen molar-refractivity contribution in [1.29, 1.82) is 0 Å². The molecule has 4 heterocycles. The second kappa shape index (κ2) is 9.16. The molecule has 166 valence electrons. The van der Waals surface area contributed by atoms with Crippen LogP contribution < -0.4 is 5.32 Å². The molecule has 3 aromatic rings. The molecule has 0 unspecified atom stereocenters. The lowest BCUT2D eigenvalue weighted by atomic mass is 9.92. The number of carbonyl (C=O) groups excluding carboxylic acids is 2. The van der Waals surface area contributed by atoms with Crippen molar-refractivity contribution in [2.24, 2.45) is 0 Å². The molecule has 0 saturated carbocycles. The zero-order valence-electron chi connectivity index (χ0n) is 18.8. The van der Waals surface area contributed by atoms with Gasteiger partial charge in [-0.3, -0.25) is 19.6 Å². The van der Waals surface area contributed by atoms with E-state index in [4.69, 9.17) is 4.98 Å². The van der Waals surface area contributed by atoms with Crippen LogP contribution in [0.5, 0.6) is 0 Å². The molecule has 1 aliphatic rings. The Morgan fingerprint density at radius 1 is 1.12 bits per heavy atom. The third kappa shape index (κ3) is 4.55. The number of likely N-dealkylation sites (tertiary alicyclic amines) is 1. The van der Waals surface area contributed by atoms with E-state index in [1.54, 1.807) is 19.3 Å². The van der Waals surface area contributed by atoms with E-state index in [0.29, 0.717) is 12.2 Å². The molecular weight excluding hydrogens is 422 g/mol. The summed E-state index contributed by atoms with van der Waals surface area (Å²) in [6.45, 7) is 7.22. The van der Waals surface area contributed by atoms with Crippen molar-refractivity contribution in [3.8, 4) is 11.1 Å². The molecule has 8 heteroatoms. The summed E-state index contributed by atoms with van der Waals surface area (Å²) in [5, 5.41) is 3.50. The van der Waals surface area contributed by atoms with E-state index < -0.39 is 0 Å². The van der Waals surface area contributed by atoms with Crippen LogP contribution in [0.4, 0.5) is 0 Å². The number of piperidine rings is 1. The van der Waals surface area contributed by atoms with Gasteiger partial charge in [0, 0.05) is 49.2 Å². The van der Waals surface area contributed by atoms with Gasteiger partial charge < -0.3 is 10.2 Å². The van der Waals surface area contributed by atoms with Crippen LogP contribution in [0.1, 0.15) is 61.0 Å². The van der Waals surface area contributed by atoms with Gasteiger partial charge in [0.2, 0.25) is 0 Å². The molecule has 1 aliphatic heterocycles. The number of aryl methyl sites for hydroxylation is 3. The normalized spacial score (nSPS) is 16.1. The van der Waals surface area contributed by atoms with E-state index in [9.17, 15) is 9.59 Å². The van der Waals surface area contributed by atoms with Crippen molar-refractivity contribution in [1.82, 2.24) is 25.2 Å². The Kier molecular flexibility index (Phi) is 6.32. The summed E-state index contributed by atoms with van der Waals surface area (Å²) in [7, 11) is 1.59. The van der Waals surface area contributed by atoms with E-state index in [1.165, 1.54) is 11.3 Å². The number of hydrogen-bond acceptors (Lipinski definition) is 6. The highest BCUT2D eigenvalue weighted by Gasteiger charge is 2.28. The monoisotopic (exact) mass is 449 g/mol. The highest BCUT2D eigenvalue weighted by molar-refractivity contribution is 7.13. The second-order valence-electron chi connectivity index (χ2n) is 8.17. The van der Waals surface area contributed by atoms with Crippen LogP contribution in [0.3, 0.4) is 0 Å². The number of nitrogens with zero attached hydrogens (tertiary/aromatic N) is 4. The Hall–Kier alpha value is -3.13. The van der Waals surface area contributed by atoms with Gasteiger partial charge in [-0.25, -0.2) is 4.98 Å². The first kappa shape index (κ1) is 22.1. The van der Waals surface area contributed by atoms with Gasteiger partial charge in [-0.05, 0) is 57.4 Å². The molecule has 1 fully saturated rings. The molecule has 0 bridgehead atoms. The summed E-state index contributed by atoms with van der Waals surface area (Å²) < 4.78 is 0. The number of hydrogen-bond donors (Lipinski definition) is 1. The molecule has 7 nitrogen and oxygen atoms in total. The lowest BCUT2D eigenvalue weighted by molar-refractivity contribution is 0.0709. The second-order valence-corrected chi connectivity index (χ2v) is 9.37. The number of amides is 2. The summed E-state index contributed by atoms with van der Waals surface area (Å²) in [5.74, 6) is 0.0416. The molecule has 1 atom stereocenters. The molecule has 1 saturated heterocycles. The van der Waals surface area contributed by atoms with E-state index in [0.717, 1.165) is 57.5 Å². The summed E-state index contributed by atoms with van der Waals surface area (Å²) >= 11 is 1.47. The Labute approximate surface area is 191 Å². The van der Waals surface area contributed by atoms with Crippen LogP contribution in [0.25, 0.3) is 11.1 Å². The Balaban J connectivity index is 1.57. The minimum absolute atomic E-state index is 0.0691. The van der Waals surface area contributed by atoms with Gasteiger partial charge in [-0.1, -0.05) is 6.07 Å². The Bertz CT molecular complexity index is 1160. The zero-order chi connectivity index (χ0) is 22.8. The summed E-state index contributed by atoms with van der Waals surface area (Å²) in [6.07, 6.45) is 3.66. The molecule has 0 radical (unpaired) electrons. The molecule has 2 amide bonds. The molecule has 3 aromatic heterocycles. The predicted molar refractivity (Wildman–Crippen MR) is 125 cm³/mol. The zero-order valence-corrected chi connectivity index (χ0v) is 19.6. The predicted octanol–water partition coefficient (Wildman–Crippen LogP) is 3.90. The quantitative estimate of drug-likeness (QED) is 0.653. The van der Waals surface area contributed by atoms with Gasteiger partial charge in [0.05, 0.1) is 10.7 Å². The van der Waals surface area contributed by atoms with E-state index >= 15 is 0 Å². The van der Waals surface area contributed by atoms with Crippen LogP contribution in [-0.4, -0.2) is 51.8 Å². The Morgan fingerprint density at radius 2 is 1.94 bits per heavy atom. The third-order valence-corrected chi connectivity index (χ3v) is 6.82. The fraction of sp³-hybridized carbons (Fsp3) is 0.375. The molecule has 0 spiro atoms. The fourth-order valence-corrected chi connectivity index (χ4v) is 5.06. The van der Waals surface area contributed by atoms with Gasteiger partial charge in [-0.15, -0.1) is 11.3 Å². The highest BCUT2D eigenvalue weighted by Crippen LogP contribution is 2.31. The van der Waals surface area contributed by atoms with Gasteiger partial charge >= 0.3 is 0 Å². The van der Waals surface area contributed by atoms with Gasteiger partial charge in [0.15, 0.2) is 0 Å². The van der Waals surface area contributed by atoms with Gasteiger partial charge in [0.25, 0.3) is 11.8 Å². The summed E-state index contributed by atoms with van der Waals surface area (Å²) in [6, 6.07) is 7.74. The summed E-state index contributed by atoms with van der Waals surface area (Å²) in [5.41, 5.74) is 5.06. The number of aromatic nitrogens is 3. The van der Waals surface area contributed by atoms with Crippen molar-refractivity contribution < 1.29 is 9.59 Å². The largest absolute Gasteiger partial charge is 0.354 e. The minimum Gasteiger partial charge on any atom is -0.354 e. The maximum atomic E-state index is 13.1. The molecule has 32 heavy (non-hydrogen) atoms. The highest BCUT2D eigenvalue weighted by atomic mass is 32.1. The molecule has 4 rings (SSSR count). The van der Waals surface area contributed by atoms with Crippen molar-refractivity contribution in [2.75, 3.05) is 20.1 Å². The average molecular weight is 450 g/mol. The van der Waals surface area contributed by atoms with Gasteiger partial charge in [0.1, 0.15) is 10.6 Å². The number of thiazole rings is 1. The van der Waals surface area contributed by atoms with Crippen molar-refractivity contribution in [3.63, 3.8) is 0 Å². The average Bonchev–Trinajstić information content (AvgIpc) is 3.15. The van der Waals surface area contributed by atoms with Crippen LogP contribution in [0.2, 0.25) is 0 Å². The SMILES string of the molecule is CNC(=O)c1ccc(-c2cc(C)nc([C@@H]3CCCN(C(=O)c4sc(C)nc4C)C3)c2)cn1. The third-order valence-electron chi connectivity index (χ3n) is 5.75. The maximum Gasteiger partial charge on any atom is 0.269 e. The maximum absolute atomic E-state index is 13.1. The van der Waals surface area contributed by atoms with E-state index in [-0.39, 0.29) is 17.7 Å². The van der Waals surface area contributed by atoms with E-state index in [2.05, 4.69) is 21.4 Å². The smallest absolute Gasteiger partial charge is 0.269 e. The van der Waals surface area contributed by atoms with Crippen LogP contribution in [0, 0.1) is 20.8 Å². The number of pyridine rings is 2. The number of carbonyl (C=O) groups is 2. The van der Waals surface area contributed by atoms with Crippen LogP contribution in [0.15, 0.2) is 30.5 Å². The first-order valence-electron chi connectivity index (χ1n) is 10.8. The summed E-state index contributed by atoms with van der Waals surface area (Å²) in [4.78, 5) is 41.1. The van der Waals surface area contributed by atoms with Crippen LogP contribution in [-0.2, 0) is 0 Å². The van der Waals surface area contributed by atoms with Crippen LogP contribution >= 0.6 is 11.3 Å². The first-order chi connectivity index (χ1) is 15.4. The van der Waals surface area contributed by atoms with Crippen molar-refractivity contribution in [2.45, 2.75) is 39.5 Å². The standard InChI is InChI=1S/C24H27N5O2S/c1-14-10-19(17-7-8-20(26-12-17)23(30)25-4)11-21(27-14)18-6-5-9-29(13-18)24(31)22-15(2)28-16(3)32-22/h7-8,10-12,18H,5-6,9,13H2,1-4H3,(H,25,30)/t18-/m1/s1. The van der Waals surface area contributed by atoms with E-state index in [1.807, 2.05) is 37.8 Å². The lowest BCUT2D eigenvalue weighted by Gasteiger charge is -2.32. The molecule has 1 N–H and O–H groups in total. The van der Waals surface area contributed by atoms with Crippen molar-refractivity contribution >= 4 is 23.2 Å². The molecule has 0 aliphatic carbocycles.